The summed E-state index contributed by atoms with van der Waals surface area (Å²) < 4.78 is 0. The average molecular weight is 418 g/mol. The fraction of sp³-hybridized carbons (Fsp3) is 0.500. The van der Waals surface area contributed by atoms with Crippen molar-refractivity contribution in [3.63, 3.8) is 0 Å². The van der Waals surface area contributed by atoms with Crippen LogP contribution in [0.25, 0.3) is 0 Å². The van der Waals surface area contributed by atoms with E-state index in [0.717, 1.165) is 25.2 Å². The van der Waals surface area contributed by atoms with Gasteiger partial charge in [-0.15, -0.1) is 24.0 Å². The second kappa shape index (κ2) is 12.3. The van der Waals surface area contributed by atoms with Gasteiger partial charge in [0.2, 0.25) is 5.91 Å². The van der Waals surface area contributed by atoms with Crippen LogP contribution in [0.4, 0.5) is 5.69 Å². The van der Waals surface area contributed by atoms with Crippen LogP contribution in [0.3, 0.4) is 0 Å². The number of anilines is 1. The van der Waals surface area contributed by atoms with Gasteiger partial charge in [0.1, 0.15) is 6.54 Å². The summed E-state index contributed by atoms with van der Waals surface area (Å²) in [6.45, 7) is 8.09. The summed E-state index contributed by atoms with van der Waals surface area (Å²) >= 11 is 0. The average Bonchev–Trinajstić information content (AvgIpc) is 2.45. The molecule has 0 saturated heterocycles. The molecule has 0 radical (unpaired) electrons. The number of carbonyl (C=O) groups is 1. The number of carbonyl (C=O) groups excluding carboxylic acids is 1. The van der Waals surface area contributed by atoms with Gasteiger partial charge in [0.05, 0.1) is 0 Å². The molecule has 0 saturated carbocycles. The molecule has 124 valence electrons. The lowest BCUT2D eigenvalue weighted by Gasteiger charge is -2.12. The van der Waals surface area contributed by atoms with Crippen LogP contribution in [0.1, 0.15) is 27.2 Å². The maximum absolute atomic E-state index is 11.8. The van der Waals surface area contributed by atoms with Crippen molar-refractivity contribution < 1.29 is 4.79 Å². The van der Waals surface area contributed by atoms with Gasteiger partial charge >= 0.3 is 0 Å². The molecule has 0 aliphatic heterocycles. The van der Waals surface area contributed by atoms with Gasteiger partial charge in [-0.2, -0.15) is 0 Å². The van der Waals surface area contributed by atoms with Crippen molar-refractivity contribution in [1.29, 1.82) is 0 Å². The van der Waals surface area contributed by atoms with Gasteiger partial charge in [0.15, 0.2) is 5.96 Å². The number of guanidine groups is 1. The standard InChI is InChI=1S/C16H26N4O.HI/c1-4-17-16(18-11-10-13(2)3)19-12-15(21)20-14-8-6-5-7-9-14;/h5-9,13H,4,10-12H2,1-3H3,(H,20,21)(H2,17,18,19);1H. The molecule has 0 fully saturated rings. The minimum absolute atomic E-state index is 0. The third kappa shape index (κ3) is 9.59. The first-order chi connectivity index (χ1) is 10.1. The van der Waals surface area contributed by atoms with Gasteiger partial charge in [-0.1, -0.05) is 32.0 Å². The fourth-order valence-electron chi connectivity index (χ4n) is 1.69. The Bertz CT molecular complexity index is 449. The molecule has 0 spiro atoms. The van der Waals surface area contributed by atoms with Crippen LogP contribution in [0.15, 0.2) is 35.3 Å². The Morgan fingerprint density at radius 1 is 1.18 bits per heavy atom. The first-order valence-electron chi connectivity index (χ1n) is 7.49. The number of hydrogen-bond acceptors (Lipinski definition) is 2. The molecule has 5 nitrogen and oxygen atoms in total. The van der Waals surface area contributed by atoms with Gasteiger partial charge in [-0.05, 0) is 31.4 Å². The predicted octanol–water partition coefficient (Wildman–Crippen LogP) is 2.84. The summed E-state index contributed by atoms with van der Waals surface area (Å²) in [4.78, 5) is 16.1. The molecular weight excluding hydrogens is 391 g/mol. The van der Waals surface area contributed by atoms with Crippen molar-refractivity contribution in [2.45, 2.75) is 27.2 Å². The third-order valence-electron chi connectivity index (χ3n) is 2.80. The van der Waals surface area contributed by atoms with E-state index in [0.29, 0.717) is 11.9 Å². The second-order valence-corrected chi connectivity index (χ2v) is 5.22. The smallest absolute Gasteiger partial charge is 0.246 e. The molecule has 0 bridgehead atoms. The van der Waals surface area contributed by atoms with Crippen LogP contribution >= 0.6 is 24.0 Å². The highest BCUT2D eigenvalue weighted by Gasteiger charge is 2.03. The largest absolute Gasteiger partial charge is 0.357 e. The SMILES string of the molecule is CCNC(=NCC(=O)Nc1ccccc1)NCCC(C)C.I. The van der Waals surface area contributed by atoms with Gasteiger partial charge in [-0.3, -0.25) is 4.79 Å². The molecule has 1 rings (SSSR count). The summed E-state index contributed by atoms with van der Waals surface area (Å²) in [5.41, 5.74) is 0.787. The van der Waals surface area contributed by atoms with Crippen molar-refractivity contribution in [2.24, 2.45) is 10.9 Å². The zero-order valence-electron chi connectivity index (χ0n) is 13.6. The van der Waals surface area contributed by atoms with Crippen molar-refractivity contribution in [3.05, 3.63) is 30.3 Å². The first kappa shape index (κ1) is 20.7. The molecule has 0 atom stereocenters. The Morgan fingerprint density at radius 3 is 2.45 bits per heavy atom. The second-order valence-electron chi connectivity index (χ2n) is 5.22. The van der Waals surface area contributed by atoms with Crippen LogP contribution in [0, 0.1) is 5.92 Å². The van der Waals surface area contributed by atoms with E-state index in [4.69, 9.17) is 0 Å². The Balaban J connectivity index is 0.00000441. The number of amides is 1. The molecular formula is C16H27IN4O. The van der Waals surface area contributed by atoms with Crippen LogP contribution < -0.4 is 16.0 Å². The lowest BCUT2D eigenvalue weighted by Crippen LogP contribution is -2.38. The molecule has 0 aliphatic carbocycles. The molecule has 0 aromatic heterocycles. The molecule has 0 unspecified atom stereocenters. The van der Waals surface area contributed by atoms with Crippen molar-refractivity contribution in [1.82, 2.24) is 10.6 Å². The topological polar surface area (TPSA) is 65.5 Å². The summed E-state index contributed by atoms with van der Waals surface area (Å²) in [5.74, 6) is 1.20. The van der Waals surface area contributed by atoms with Gasteiger partial charge in [-0.25, -0.2) is 4.99 Å². The first-order valence-corrected chi connectivity index (χ1v) is 7.49. The Labute approximate surface area is 150 Å². The monoisotopic (exact) mass is 418 g/mol. The summed E-state index contributed by atoms with van der Waals surface area (Å²) in [5, 5.41) is 9.18. The fourth-order valence-corrected chi connectivity index (χ4v) is 1.69. The molecule has 1 aromatic rings. The van der Waals surface area contributed by atoms with Gasteiger partial charge in [0, 0.05) is 18.8 Å². The minimum Gasteiger partial charge on any atom is -0.357 e. The van der Waals surface area contributed by atoms with E-state index in [-0.39, 0.29) is 36.4 Å². The predicted molar refractivity (Wildman–Crippen MR) is 104 cm³/mol. The van der Waals surface area contributed by atoms with Gasteiger partial charge in [0.25, 0.3) is 0 Å². The number of nitrogens with zero attached hydrogens (tertiary/aromatic N) is 1. The summed E-state index contributed by atoms with van der Waals surface area (Å²) in [7, 11) is 0. The Morgan fingerprint density at radius 2 is 1.86 bits per heavy atom. The number of para-hydroxylation sites is 1. The quantitative estimate of drug-likeness (QED) is 0.363. The van der Waals surface area contributed by atoms with Crippen LogP contribution in [0.5, 0.6) is 0 Å². The molecule has 0 aliphatic rings. The highest BCUT2D eigenvalue weighted by atomic mass is 127. The van der Waals surface area contributed by atoms with E-state index in [9.17, 15) is 4.79 Å². The van der Waals surface area contributed by atoms with E-state index in [1.54, 1.807) is 0 Å². The number of rotatable bonds is 7. The minimum atomic E-state index is -0.123. The maximum atomic E-state index is 11.8. The lowest BCUT2D eigenvalue weighted by atomic mass is 10.1. The van der Waals surface area contributed by atoms with E-state index in [1.165, 1.54) is 0 Å². The van der Waals surface area contributed by atoms with E-state index in [2.05, 4.69) is 34.8 Å². The van der Waals surface area contributed by atoms with E-state index in [1.807, 2.05) is 37.3 Å². The summed E-state index contributed by atoms with van der Waals surface area (Å²) in [6, 6.07) is 9.39. The highest BCUT2D eigenvalue weighted by Crippen LogP contribution is 2.04. The maximum Gasteiger partial charge on any atom is 0.246 e. The molecule has 22 heavy (non-hydrogen) atoms. The Kier molecular flexibility index (Phi) is 11.5. The Hall–Kier alpha value is -1.31. The van der Waals surface area contributed by atoms with E-state index >= 15 is 0 Å². The third-order valence-corrected chi connectivity index (χ3v) is 2.80. The normalized spacial score (nSPS) is 10.8. The molecule has 3 N–H and O–H groups in total. The molecule has 6 heteroatoms. The zero-order chi connectivity index (χ0) is 15.5. The van der Waals surface area contributed by atoms with Gasteiger partial charge < -0.3 is 16.0 Å². The van der Waals surface area contributed by atoms with Crippen LogP contribution in [-0.2, 0) is 4.79 Å². The number of aliphatic imine (C=N–C) groups is 1. The number of benzene rings is 1. The lowest BCUT2D eigenvalue weighted by molar-refractivity contribution is -0.114. The van der Waals surface area contributed by atoms with E-state index < -0.39 is 0 Å². The zero-order valence-corrected chi connectivity index (χ0v) is 15.9. The molecule has 1 aromatic carbocycles. The van der Waals surface area contributed by atoms with Crippen LogP contribution in [-0.4, -0.2) is 31.5 Å². The van der Waals surface area contributed by atoms with Crippen molar-refractivity contribution in [2.75, 3.05) is 25.0 Å². The number of nitrogens with one attached hydrogen (secondary N) is 3. The van der Waals surface area contributed by atoms with Crippen molar-refractivity contribution in [3.8, 4) is 0 Å². The molecule has 1 amide bonds. The highest BCUT2D eigenvalue weighted by molar-refractivity contribution is 14.0. The number of halogens is 1. The summed E-state index contributed by atoms with van der Waals surface area (Å²) in [6.07, 6.45) is 1.07. The van der Waals surface area contributed by atoms with Crippen molar-refractivity contribution >= 4 is 41.5 Å². The molecule has 0 heterocycles. The van der Waals surface area contributed by atoms with Crippen LogP contribution in [0.2, 0.25) is 0 Å². The number of hydrogen-bond donors (Lipinski definition) is 3.